The third-order valence-electron chi connectivity index (χ3n) is 10.0. The van der Waals surface area contributed by atoms with Crippen molar-refractivity contribution in [3.8, 4) is 50.6 Å². The minimum atomic E-state index is 0.869. The van der Waals surface area contributed by atoms with Gasteiger partial charge in [-0.3, -0.25) is 0 Å². The SMILES string of the molecule is c1ccc(-c2ccc(-c3ccc(N(c4ccccc4)c4ccc(-c5cccc6c7cccc8c7n(c56)-c5ccccc5O8)cc4)cc3)cc2)cc1. The molecule has 0 saturated carbocycles. The molecule has 10 rings (SSSR count). The van der Waals surface area contributed by atoms with Crippen molar-refractivity contribution in [3.05, 3.63) is 194 Å². The van der Waals surface area contributed by atoms with Crippen LogP contribution in [0.3, 0.4) is 0 Å². The lowest BCUT2D eigenvalue weighted by Crippen LogP contribution is -2.09. The van der Waals surface area contributed by atoms with Crippen molar-refractivity contribution in [1.29, 1.82) is 0 Å². The van der Waals surface area contributed by atoms with Crippen molar-refractivity contribution < 1.29 is 4.74 Å². The van der Waals surface area contributed by atoms with Crippen molar-refractivity contribution in [1.82, 2.24) is 4.57 Å². The Labute approximate surface area is 296 Å². The predicted octanol–water partition coefficient (Wildman–Crippen LogP) is 13.4. The van der Waals surface area contributed by atoms with E-state index >= 15 is 0 Å². The summed E-state index contributed by atoms with van der Waals surface area (Å²) in [7, 11) is 0. The van der Waals surface area contributed by atoms with Crippen LogP contribution in [0.2, 0.25) is 0 Å². The van der Waals surface area contributed by atoms with E-state index in [1.54, 1.807) is 0 Å². The highest BCUT2D eigenvalue weighted by Gasteiger charge is 2.25. The van der Waals surface area contributed by atoms with Gasteiger partial charge in [-0.1, -0.05) is 140 Å². The zero-order valence-corrected chi connectivity index (χ0v) is 27.8. The molecule has 0 N–H and O–H groups in total. The van der Waals surface area contributed by atoms with E-state index in [1.165, 1.54) is 44.1 Å². The Bertz CT molecular complexity index is 2680. The highest BCUT2D eigenvalue weighted by Crippen LogP contribution is 2.47. The maximum Gasteiger partial charge on any atom is 0.152 e. The number of para-hydroxylation sites is 5. The summed E-state index contributed by atoms with van der Waals surface area (Å²) >= 11 is 0. The third kappa shape index (κ3) is 4.90. The van der Waals surface area contributed by atoms with E-state index in [0.717, 1.165) is 45.3 Å². The van der Waals surface area contributed by atoms with E-state index in [1.807, 2.05) is 12.1 Å². The van der Waals surface area contributed by atoms with Crippen LogP contribution in [0, 0.1) is 0 Å². The van der Waals surface area contributed by atoms with Crippen LogP contribution < -0.4 is 9.64 Å². The summed E-state index contributed by atoms with van der Waals surface area (Å²) in [6.07, 6.45) is 0. The summed E-state index contributed by atoms with van der Waals surface area (Å²) in [6.45, 7) is 0. The van der Waals surface area contributed by atoms with Gasteiger partial charge >= 0.3 is 0 Å². The Balaban J connectivity index is 1.03. The highest BCUT2D eigenvalue weighted by molar-refractivity contribution is 6.16. The maximum atomic E-state index is 6.38. The standard InChI is InChI=1S/C48H32N2O/c1-3-11-33(12-4-1)34-21-23-35(24-22-34)36-25-29-39(30-26-36)49(38-13-5-2-6-14-38)40-31-27-37(28-32-40)41-15-9-16-42-43-17-10-20-46-48(43)50(47(41)42)44-18-7-8-19-45(44)51-46/h1-32H. The molecule has 0 aliphatic carbocycles. The molecule has 0 fully saturated rings. The molecule has 51 heavy (non-hydrogen) atoms. The van der Waals surface area contributed by atoms with Crippen molar-refractivity contribution in [2.45, 2.75) is 0 Å². The minimum absolute atomic E-state index is 0.869. The molecule has 0 amide bonds. The number of hydrogen-bond donors (Lipinski definition) is 0. The number of aromatic nitrogens is 1. The first kappa shape index (κ1) is 29.1. The molecule has 0 spiro atoms. The molecule has 8 aromatic carbocycles. The lowest BCUT2D eigenvalue weighted by atomic mass is 10.00. The van der Waals surface area contributed by atoms with E-state index in [2.05, 4.69) is 191 Å². The maximum absolute atomic E-state index is 6.38. The lowest BCUT2D eigenvalue weighted by Gasteiger charge is -2.26. The van der Waals surface area contributed by atoms with E-state index in [-0.39, 0.29) is 0 Å². The van der Waals surface area contributed by atoms with Gasteiger partial charge in [-0.2, -0.15) is 0 Å². The quantitative estimate of drug-likeness (QED) is 0.178. The molecule has 9 aromatic rings. The second kappa shape index (κ2) is 11.9. The highest BCUT2D eigenvalue weighted by atomic mass is 16.5. The second-order valence-corrected chi connectivity index (χ2v) is 13.0. The molecule has 1 aromatic heterocycles. The first-order chi connectivity index (χ1) is 25.3. The normalized spacial score (nSPS) is 11.7. The summed E-state index contributed by atoms with van der Waals surface area (Å²) in [5.74, 6) is 1.76. The molecular weight excluding hydrogens is 621 g/mol. The van der Waals surface area contributed by atoms with Crippen LogP contribution in [0.15, 0.2) is 194 Å². The Morgan fingerprint density at radius 2 is 0.804 bits per heavy atom. The molecule has 1 aliphatic heterocycles. The Hall–Kier alpha value is -6.84. The van der Waals surface area contributed by atoms with Gasteiger partial charge in [0.15, 0.2) is 11.5 Å². The summed E-state index contributed by atoms with van der Waals surface area (Å²) in [6, 6.07) is 69.1. The molecule has 240 valence electrons. The van der Waals surface area contributed by atoms with Gasteiger partial charge in [0.1, 0.15) is 0 Å². The van der Waals surface area contributed by atoms with Crippen LogP contribution in [0.4, 0.5) is 17.1 Å². The van der Waals surface area contributed by atoms with Crippen LogP contribution >= 0.6 is 0 Å². The van der Waals surface area contributed by atoms with Crippen LogP contribution in [-0.2, 0) is 0 Å². The second-order valence-electron chi connectivity index (χ2n) is 13.0. The number of ether oxygens (including phenoxy) is 1. The topological polar surface area (TPSA) is 17.4 Å². The molecule has 2 heterocycles. The van der Waals surface area contributed by atoms with Crippen LogP contribution in [0.1, 0.15) is 0 Å². The van der Waals surface area contributed by atoms with E-state index < -0.39 is 0 Å². The number of fused-ring (bicyclic) bond motifs is 5. The largest absolute Gasteiger partial charge is 0.453 e. The Morgan fingerprint density at radius 3 is 1.47 bits per heavy atom. The van der Waals surface area contributed by atoms with Crippen molar-refractivity contribution in [2.75, 3.05) is 4.90 Å². The zero-order chi connectivity index (χ0) is 33.7. The first-order valence-electron chi connectivity index (χ1n) is 17.4. The smallest absolute Gasteiger partial charge is 0.152 e. The lowest BCUT2D eigenvalue weighted by molar-refractivity contribution is 0.476. The van der Waals surface area contributed by atoms with Gasteiger partial charge in [0, 0.05) is 33.4 Å². The number of nitrogens with zero attached hydrogens (tertiary/aromatic N) is 2. The molecule has 0 unspecified atom stereocenters. The fourth-order valence-electron chi connectivity index (χ4n) is 7.59. The summed E-state index contributed by atoms with van der Waals surface area (Å²) < 4.78 is 8.76. The van der Waals surface area contributed by atoms with Crippen LogP contribution in [0.5, 0.6) is 11.5 Å². The molecule has 3 nitrogen and oxygen atoms in total. The van der Waals surface area contributed by atoms with E-state index in [4.69, 9.17) is 4.74 Å². The number of rotatable bonds is 6. The van der Waals surface area contributed by atoms with Crippen molar-refractivity contribution in [2.24, 2.45) is 0 Å². The average molecular weight is 653 g/mol. The third-order valence-corrected chi connectivity index (χ3v) is 10.0. The number of benzene rings is 8. The van der Waals surface area contributed by atoms with Gasteiger partial charge in [0.05, 0.1) is 16.7 Å². The van der Waals surface area contributed by atoms with Gasteiger partial charge in [0.25, 0.3) is 0 Å². The van der Waals surface area contributed by atoms with Crippen molar-refractivity contribution >= 4 is 38.9 Å². The molecule has 0 radical (unpaired) electrons. The number of hydrogen-bond acceptors (Lipinski definition) is 2. The fraction of sp³-hybridized carbons (Fsp3) is 0. The van der Waals surface area contributed by atoms with Crippen molar-refractivity contribution in [3.63, 3.8) is 0 Å². The van der Waals surface area contributed by atoms with Gasteiger partial charge < -0.3 is 14.2 Å². The van der Waals surface area contributed by atoms with Crippen LogP contribution in [-0.4, -0.2) is 4.57 Å². The van der Waals surface area contributed by atoms with Crippen LogP contribution in [0.25, 0.3) is 60.9 Å². The minimum Gasteiger partial charge on any atom is -0.453 e. The summed E-state index contributed by atoms with van der Waals surface area (Å²) in [4.78, 5) is 2.32. The fourth-order valence-corrected chi connectivity index (χ4v) is 7.59. The Kier molecular flexibility index (Phi) is 6.81. The summed E-state index contributed by atoms with van der Waals surface area (Å²) in [5, 5.41) is 2.41. The molecule has 0 atom stereocenters. The predicted molar refractivity (Wildman–Crippen MR) is 212 cm³/mol. The van der Waals surface area contributed by atoms with Gasteiger partial charge in [-0.25, -0.2) is 0 Å². The van der Waals surface area contributed by atoms with E-state index in [0.29, 0.717) is 0 Å². The van der Waals surface area contributed by atoms with Gasteiger partial charge in [-0.05, 0) is 82.4 Å². The molecule has 3 heteroatoms. The number of anilines is 3. The van der Waals surface area contributed by atoms with Gasteiger partial charge in [0.2, 0.25) is 0 Å². The molecule has 1 aliphatic rings. The summed E-state index contributed by atoms with van der Waals surface area (Å²) in [5.41, 5.74) is 13.9. The van der Waals surface area contributed by atoms with Gasteiger partial charge in [-0.15, -0.1) is 0 Å². The van der Waals surface area contributed by atoms with E-state index in [9.17, 15) is 0 Å². The Morgan fingerprint density at radius 1 is 0.333 bits per heavy atom. The zero-order valence-electron chi connectivity index (χ0n) is 27.8. The molecule has 0 bridgehead atoms. The molecular formula is C48H32N2O. The average Bonchev–Trinajstić information content (AvgIpc) is 3.56. The monoisotopic (exact) mass is 652 g/mol. The first-order valence-corrected chi connectivity index (χ1v) is 17.4. The molecule has 0 saturated heterocycles.